The van der Waals surface area contributed by atoms with Crippen LogP contribution in [-0.2, 0) is 9.59 Å². The van der Waals surface area contributed by atoms with E-state index in [1.165, 1.54) is 19.3 Å². The summed E-state index contributed by atoms with van der Waals surface area (Å²) in [6.45, 7) is 2.47. The summed E-state index contributed by atoms with van der Waals surface area (Å²) in [5.41, 5.74) is 1.53. The zero-order valence-electron chi connectivity index (χ0n) is 14.0. The summed E-state index contributed by atoms with van der Waals surface area (Å²) in [6.07, 6.45) is 9.35. The van der Waals surface area contributed by atoms with Gasteiger partial charge in [0.25, 0.3) is 0 Å². The van der Waals surface area contributed by atoms with Gasteiger partial charge in [-0.2, -0.15) is 0 Å². The largest absolute Gasteiger partial charge is 0.326 e. The Morgan fingerprint density at radius 1 is 0.917 bits per heavy atom. The molecule has 2 aliphatic rings. The summed E-state index contributed by atoms with van der Waals surface area (Å²) in [6, 6.07) is 7.32. The van der Waals surface area contributed by atoms with Gasteiger partial charge in [-0.05, 0) is 63.0 Å². The van der Waals surface area contributed by atoms with Crippen LogP contribution < -0.4 is 10.6 Å². The Balaban J connectivity index is 1.46. The number of piperidine rings is 1. The summed E-state index contributed by atoms with van der Waals surface area (Å²) >= 11 is 0. The highest BCUT2D eigenvalue weighted by Crippen LogP contribution is 2.21. The lowest BCUT2D eigenvalue weighted by Gasteiger charge is -2.25. The van der Waals surface area contributed by atoms with E-state index in [0.717, 1.165) is 37.3 Å². The fourth-order valence-corrected chi connectivity index (χ4v) is 3.23. The SMILES string of the molecule is O=C(CN1CCCCC1)Nc1ccc(NC(=O)C2CC=CC2)cc1. The van der Waals surface area contributed by atoms with Gasteiger partial charge in [-0.1, -0.05) is 18.6 Å². The number of amides is 2. The Morgan fingerprint density at radius 2 is 1.50 bits per heavy atom. The maximum Gasteiger partial charge on any atom is 0.238 e. The first-order chi connectivity index (χ1) is 11.7. The minimum Gasteiger partial charge on any atom is -0.326 e. The van der Waals surface area contributed by atoms with Crippen molar-refractivity contribution in [2.45, 2.75) is 32.1 Å². The molecule has 2 N–H and O–H groups in total. The number of allylic oxidation sites excluding steroid dienone is 2. The molecule has 24 heavy (non-hydrogen) atoms. The third-order valence-electron chi connectivity index (χ3n) is 4.63. The van der Waals surface area contributed by atoms with Crippen molar-refractivity contribution < 1.29 is 9.59 Å². The van der Waals surface area contributed by atoms with Crippen molar-refractivity contribution in [2.75, 3.05) is 30.3 Å². The van der Waals surface area contributed by atoms with Gasteiger partial charge < -0.3 is 10.6 Å². The van der Waals surface area contributed by atoms with Crippen molar-refractivity contribution in [3.05, 3.63) is 36.4 Å². The molecule has 1 heterocycles. The highest BCUT2D eigenvalue weighted by atomic mass is 16.2. The lowest BCUT2D eigenvalue weighted by Crippen LogP contribution is -2.36. The fraction of sp³-hybridized carbons (Fsp3) is 0.474. The summed E-state index contributed by atoms with van der Waals surface area (Å²) in [5.74, 6) is 0.126. The summed E-state index contributed by atoms with van der Waals surface area (Å²) in [5, 5.41) is 5.85. The lowest BCUT2D eigenvalue weighted by atomic mass is 10.1. The molecular weight excluding hydrogens is 302 g/mol. The van der Waals surface area contributed by atoms with Gasteiger partial charge in [-0.3, -0.25) is 14.5 Å². The van der Waals surface area contributed by atoms with Gasteiger partial charge in [0.2, 0.25) is 11.8 Å². The summed E-state index contributed by atoms with van der Waals surface area (Å²) in [4.78, 5) is 26.4. The number of anilines is 2. The molecule has 1 aromatic carbocycles. The second-order valence-electron chi connectivity index (χ2n) is 6.59. The molecule has 0 bridgehead atoms. The second-order valence-corrected chi connectivity index (χ2v) is 6.59. The minimum atomic E-state index is 0.0192. The maximum absolute atomic E-state index is 12.1. The molecule has 5 heteroatoms. The molecule has 1 aliphatic heterocycles. The van der Waals surface area contributed by atoms with E-state index in [0.29, 0.717) is 6.54 Å². The van der Waals surface area contributed by atoms with Crippen LogP contribution in [0, 0.1) is 5.92 Å². The summed E-state index contributed by atoms with van der Waals surface area (Å²) < 4.78 is 0. The van der Waals surface area contributed by atoms with Crippen LogP contribution in [0.1, 0.15) is 32.1 Å². The number of hydrogen-bond acceptors (Lipinski definition) is 3. The van der Waals surface area contributed by atoms with Crippen molar-refractivity contribution in [1.29, 1.82) is 0 Å². The Morgan fingerprint density at radius 3 is 2.12 bits per heavy atom. The number of nitrogens with zero attached hydrogens (tertiary/aromatic N) is 1. The standard InChI is InChI=1S/C19H25N3O2/c23-18(14-22-12-4-1-5-13-22)20-16-8-10-17(11-9-16)21-19(24)15-6-2-3-7-15/h2-3,8-11,15H,1,4-7,12-14H2,(H,20,23)(H,21,24). The topological polar surface area (TPSA) is 61.4 Å². The molecule has 0 atom stereocenters. The number of likely N-dealkylation sites (tertiary alicyclic amines) is 1. The molecule has 0 spiro atoms. The molecule has 1 saturated heterocycles. The Kier molecular flexibility index (Phi) is 5.64. The van der Waals surface area contributed by atoms with Crippen LogP contribution in [0.3, 0.4) is 0 Å². The fourth-order valence-electron chi connectivity index (χ4n) is 3.23. The molecule has 0 unspecified atom stereocenters. The second kappa shape index (κ2) is 8.11. The van der Waals surface area contributed by atoms with Crippen LogP contribution in [0.25, 0.3) is 0 Å². The molecule has 5 nitrogen and oxygen atoms in total. The van der Waals surface area contributed by atoms with Crippen LogP contribution >= 0.6 is 0 Å². The van der Waals surface area contributed by atoms with Gasteiger partial charge in [0.05, 0.1) is 6.54 Å². The quantitative estimate of drug-likeness (QED) is 0.817. The number of nitrogens with one attached hydrogen (secondary N) is 2. The molecule has 3 rings (SSSR count). The number of carbonyl (C=O) groups is 2. The average molecular weight is 327 g/mol. The van der Waals surface area contributed by atoms with Crippen LogP contribution in [0.4, 0.5) is 11.4 Å². The van der Waals surface area contributed by atoms with Crippen molar-refractivity contribution >= 4 is 23.2 Å². The van der Waals surface area contributed by atoms with E-state index >= 15 is 0 Å². The zero-order valence-corrected chi connectivity index (χ0v) is 14.0. The Bertz CT molecular complexity index is 596. The van der Waals surface area contributed by atoms with E-state index in [1.54, 1.807) is 0 Å². The number of benzene rings is 1. The van der Waals surface area contributed by atoms with Crippen LogP contribution in [-0.4, -0.2) is 36.3 Å². The minimum absolute atomic E-state index is 0.0192. The van der Waals surface area contributed by atoms with Crippen molar-refractivity contribution in [3.8, 4) is 0 Å². The highest BCUT2D eigenvalue weighted by molar-refractivity contribution is 5.94. The van der Waals surface area contributed by atoms with Crippen LogP contribution in [0.5, 0.6) is 0 Å². The highest BCUT2D eigenvalue weighted by Gasteiger charge is 2.19. The normalized spacial score (nSPS) is 18.5. The first kappa shape index (κ1) is 16.7. The lowest BCUT2D eigenvalue weighted by molar-refractivity contribution is -0.119. The van der Waals surface area contributed by atoms with Crippen LogP contribution in [0.2, 0.25) is 0 Å². The number of hydrogen-bond donors (Lipinski definition) is 2. The molecule has 1 fully saturated rings. The van der Waals surface area contributed by atoms with E-state index in [9.17, 15) is 9.59 Å². The molecule has 1 aliphatic carbocycles. The van der Waals surface area contributed by atoms with E-state index in [-0.39, 0.29) is 17.7 Å². The molecular formula is C19H25N3O2. The monoisotopic (exact) mass is 327 g/mol. The predicted molar refractivity (Wildman–Crippen MR) is 95.9 cm³/mol. The van der Waals surface area contributed by atoms with Gasteiger partial charge >= 0.3 is 0 Å². The van der Waals surface area contributed by atoms with E-state index in [4.69, 9.17) is 0 Å². The van der Waals surface area contributed by atoms with Crippen LogP contribution in [0.15, 0.2) is 36.4 Å². The third-order valence-corrected chi connectivity index (χ3v) is 4.63. The molecule has 1 aromatic rings. The molecule has 0 radical (unpaired) electrons. The first-order valence-corrected chi connectivity index (χ1v) is 8.79. The van der Waals surface area contributed by atoms with Crippen molar-refractivity contribution in [3.63, 3.8) is 0 Å². The maximum atomic E-state index is 12.1. The molecule has 2 amide bonds. The third kappa shape index (κ3) is 4.68. The predicted octanol–water partition coefficient (Wildman–Crippen LogP) is 3.02. The van der Waals surface area contributed by atoms with Crippen molar-refractivity contribution in [1.82, 2.24) is 4.90 Å². The van der Waals surface area contributed by atoms with Gasteiger partial charge in [-0.25, -0.2) is 0 Å². The summed E-state index contributed by atoms with van der Waals surface area (Å²) in [7, 11) is 0. The smallest absolute Gasteiger partial charge is 0.238 e. The van der Waals surface area contributed by atoms with Gasteiger partial charge in [0, 0.05) is 17.3 Å². The zero-order chi connectivity index (χ0) is 16.8. The van der Waals surface area contributed by atoms with E-state index in [1.807, 2.05) is 36.4 Å². The molecule has 128 valence electrons. The van der Waals surface area contributed by atoms with Gasteiger partial charge in [-0.15, -0.1) is 0 Å². The Hall–Kier alpha value is -2.14. The van der Waals surface area contributed by atoms with Gasteiger partial charge in [0.1, 0.15) is 0 Å². The molecule has 0 saturated carbocycles. The van der Waals surface area contributed by atoms with E-state index < -0.39 is 0 Å². The van der Waals surface area contributed by atoms with E-state index in [2.05, 4.69) is 15.5 Å². The first-order valence-electron chi connectivity index (χ1n) is 8.79. The number of carbonyl (C=O) groups excluding carboxylic acids is 2. The average Bonchev–Trinajstić information content (AvgIpc) is 3.12. The molecule has 0 aromatic heterocycles. The van der Waals surface area contributed by atoms with Gasteiger partial charge in [0.15, 0.2) is 0 Å². The van der Waals surface area contributed by atoms with Crippen molar-refractivity contribution in [2.24, 2.45) is 5.92 Å². The Labute approximate surface area is 143 Å². The number of rotatable bonds is 5.